The highest BCUT2D eigenvalue weighted by molar-refractivity contribution is 6.03. The number of rotatable bonds is 2. The van der Waals surface area contributed by atoms with Crippen LogP contribution in [0.15, 0.2) is 33.9 Å². The third-order valence-electron chi connectivity index (χ3n) is 3.27. The summed E-state index contributed by atoms with van der Waals surface area (Å²) >= 11 is 0. The lowest BCUT2D eigenvalue weighted by Crippen LogP contribution is -2.40. The Morgan fingerprint density at radius 1 is 1.19 bits per heavy atom. The molecule has 2 aromatic rings. The predicted octanol–water partition coefficient (Wildman–Crippen LogP) is 0.784. The van der Waals surface area contributed by atoms with Crippen molar-refractivity contribution in [2.75, 3.05) is 5.32 Å². The van der Waals surface area contributed by atoms with Crippen molar-refractivity contribution in [3.05, 3.63) is 62.2 Å². The normalized spacial score (nSPS) is 10.5. The smallest absolute Gasteiger partial charge is 0.320 e. The molecule has 0 saturated carbocycles. The van der Waals surface area contributed by atoms with E-state index in [0.29, 0.717) is 0 Å². The Balaban J connectivity index is 2.45. The minimum atomic E-state index is -0.652. The fraction of sp³-hybridized carbons (Fsp3) is 0.214. The fourth-order valence-corrected chi connectivity index (χ4v) is 1.88. The van der Waals surface area contributed by atoms with Gasteiger partial charge in [-0.2, -0.15) is 0 Å². The van der Waals surface area contributed by atoms with Crippen molar-refractivity contribution in [3.63, 3.8) is 0 Å². The van der Waals surface area contributed by atoms with Gasteiger partial charge >= 0.3 is 5.69 Å². The summed E-state index contributed by atoms with van der Waals surface area (Å²) in [7, 11) is 2.71. The molecule has 1 heterocycles. The summed E-state index contributed by atoms with van der Waals surface area (Å²) in [6, 6.07) is 5.33. The quantitative estimate of drug-likeness (QED) is 0.889. The molecule has 21 heavy (non-hydrogen) atoms. The Labute approximate surface area is 119 Å². The minimum Gasteiger partial charge on any atom is -0.320 e. The molecule has 1 aromatic heterocycles. The third-order valence-corrected chi connectivity index (χ3v) is 3.27. The van der Waals surface area contributed by atoms with E-state index in [1.807, 2.05) is 0 Å². The zero-order valence-electron chi connectivity index (χ0n) is 11.8. The van der Waals surface area contributed by atoms with E-state index in [1.54, 1.807) is 0 Å². The maximum Gasteiger partial charge on any atom is 0.331 e. The van der Waals surface area contributed by atoms with Gasteiger partial charge < -0.3 is 5.32 Å². The van der Waals surface area contributed by atoms with Crippen molar-refractivity contribution in [2.24, 2.45) is 14.1 Å². The van der Waals surface area contributed by atoms with Crippen LogP contribution < -0.4 is 16.6 Å². The molecule has 1 amide bonds. The van der Waals surface area contributed by atoms with Gasteiger partial charge in [-0.3, -0.25) is 18.7 Å². The van der Waals surface area contributed by atoms with E-state index in [2.05, 4.69) is 5.32 Å². The molecule has 0 aliphatic rings. The van der Waals surface area contributed by atoms with Gasteiger partial charge in [-0.1, -0.05) is 6.07 Å². The van der Waals surface area contributed by atoms with Crippen LogP contribution >= 0.6 is 0 Å². The first-order valence-electron chi connectivity index (χ1n) is 6.16. The average Bonchev–Trinajstić information content (AvgIpc) is 2.45. The molecule has 0 bridgehead atoms. The van der Waals surface area contributed by atoms with Crippen molar-refractivity contribution in [1.82, 2.24) is 9.13 Å². The number of carbonyl (C=O) groups is 1. The molecule has 110 valence electrons. The number of nitrogens with zero attached hydrogens (tertiary/aromatic N) is 2. The second-order valence-electron chi connectivity index (χ2n) is 4.63. The minimum absolute atomic E-state index is 0.0910. The number of hydrogen-bond donors (Lipinski definition) is 1. The van der Waals surface area contributed by atoms with Gasteiger partial charge in [0.15, 0.2) is 0 Å². The summed E-state index contributed by atoms with van der Waals surface area (Å²) in [5.74, 6) is -1.10. The molecule has 0 unspecified atom stereocenters. The molecule has 0 fully saturated rings. The van der Waals surface area contributed by atoms with Gasteiger partial charge in [-0.05, 0) is 19.1 Å². The Morgan fingerprint density at radius 3 is 2.52 bits per heavy atom. The molecule has 0 radical (unpaired) electrons. The lowest BCUT2D eigenvalue weighted by Gasteiger charge is -2.11. The lowest BCUT2D eigenvalue weighted by molar-refractivity contribution is 0.101. The standard InChI is InChI=1S/C14H14FN3O3/c1-8-9(15)5-4-6-10(8)16-13(20)11-7-12(19)18(3)14(21)17(11)2/h4-7H,1-3H3,(H,16,20). The summed E-state index contributed by atoms with van der Waals surface area (Å²) < 4.78 is 15.4. The van der Waals surface area contributed by atoms with Gasteiger partial charge in [0.2, 0.25) is 0 Å². The van der Waals surface area contributed by atoms with Crippen LogP contribution in [-0.4, -0.2) is 15.0 Å². The maximum absolute atomic E-state index is 13.4. The van der Waals surface area contributed by atoms with E-state index >= 15 is 0 Å². The average molecular weight is 291 g/mol. The summed E-state index contributed by atoms with van der Waals surface area (Å²) in [4.78, 5) is 35.5. The molecule has 1 aromatic carbocycles. The summed E-state index contributed by atoms with van der Waals surface area (Å²) in [6.07, 6.45) is 0. The molecular formula is C14H14FN3O3. The molecule has 7 heteroatoms. The molecule has 0 saturated heterocycles. The first-order chi connectivity index (χ1) is 9.82. The van der Waals surface area contributed by atoms with Crippen LogP contribution in [0, 0.1) is 12.7 Å². The van der Waals surface area contributed by atoms with E-state index in [9.17, 15) is 18.8 Å². The maximum atomic E-state index is 13.4. The summed E-state index contributed by atoms with van der Waals surface area (Å²) in [5, 5.41) is 2.50. The van der Waals surface area contributed by atoms with Crippen LogP contribution in [0.2, 0.25) is 0 Å². The van der Waals surface area contributed by atoms with Gasteiger partial charge in [0.25, 0.3) is 11.5 Å². The highest BCUT2D eigenvalue weighted by Gasteiger charge is 2.15. The molecule has 2 rings (SSSR count). The molecule has 0 aliphatic carbocycles. The van der Waals surface area contributed by atoms with E-state index in [4.69, 9.17) is 0 Å². The van der Waals surface area contributed by atoms with E-state index in [0.717, 1.165) is 15.2 Å². The Bertz CT molecular complexity index is 836. The molecule has 0 aliphatic heterocycles. The van der Waals surface area contributed by atoms with Gasteiger partial charge in [0.1, 0.15) is 11.5 Å². The number of benzene rings is 1. The molecule has 6 nitrogen and oxygen atoms in total. The fourth-order valence-electron chi connectivity index (χ4n) is 1.88. The Hall–Kier alpha value is -2.70. The summed E-state index contributed by atoms with van der Waals surface area (Å²) in [5.41, 5.74) is -0.720. The van der Waals surface area contributed by atoms with Crippen molar-refractivity contribution in [1.29, 1.82) is 0 Å². The Kier molecular flexibility index (Phi) is 3.75. The van der Waals surface area contributed by atoms with Crippen LogP contribution in [0.25, 0.3) is 0 Å². The number of anilines is 1. The van der Waals surface area contributed by atoms with Crippen molar-refractivity contribution >= 4 is 11.6 Å². The molecule has 0 atom stereocenters. The predicted molar refractivity (Wildman–Crippen MR) is 76.0 cm³/mol. The largest absolute Gasteiger partial charge is 0.331 e. The first-order valence-corrected chi connectivity index (χ1v) is 6.16. The first kappa shape index (κ1) is 14.7. The molecule has 0 spiro atoms. The topological polar surface area (TPSA) is 73.1 Å². The van der Waals surface area contributed by atoms with Crippen LogP contribution in [0.5, 0.6) is 0 Å². The van der Waals surface area contributed by atoms with Crippen LogP contribution in [-0.2, 0) is 14.1 Å². The Morgan fingerprint density at radius 2 is 1.86 bits per heavy atom. The number of amides is 1. The van der Waals surface area contributed by atoms with Crippen molar-refractivity contribution in [2.45, 2.75) is 6.92 Å². The number of carbonyl (C=O) groups excluding carboxylic acids is 1. The van der Waals surface area contributed by atoms with Crippen molar-refractivity contribution < 1.29 is 9.18 Å². The molecular weight excluding hydrogens is 277 g/mol. The number of nitrogens with one attached hydrogen (secondary N) is 1. The zero-order valence-corrected chi connectivity index (χ0v) is 11.8. The van der Waals surface area contributed by atoms with E-state index < -0.39 is 23.0 Å². The third kappa shape index (κ3) is 2.62. The number of halogens is 1. The highest BCUT2D eigenvalue weighted by atomic mass is 19.1. The zero-order chi connectivity index (χ0) is 15.7. The van der Waals surface area contributed by atoms with E-state index in [-0.39, 0.29) is 16.9 Å². The van der Waals surface area contributed by atoms with Gasteiger partial charge in [0, 0.05) is 31.4 Å². The lowest BCUT2D eigenvalue weighted by atomic mass is 10.2. The second kappa shape index (κ2) is 5.35. The van der Waals surface area contributed by atoms with Crippen molar-refractivity contribution in [3.8, 4) is 0 Å². The number of hydrogen-bond acceptors (Lipinski definition) is 3. The molecule has 1 N–H and O–H groups in total. The van der Waals surface area contributed by atoms with Gasteiger partial charge in [-0.15, -0.1) is 0 Å². The second-order valence-corrected chi connectivity index (χ2v) is 4.63. The summed E-state index contributed by atoms with van der Waals surface area (Å²) in [6.45, 7) is 1.52. The van der Waals surface area contributed by atoms with Crippen LogP contribution in [0.4, 0.5) is 10.1 Å². The van der Waals surface area contributed by atoms with Gasteiger partial charge in [-0.25, -0.2) is 9.18 Å². The highest BCUT2D eigenvalue weighted by Crippen LogP contribution is 2.17. The monoisotopic (exact) mass is 291 g/mol. The van der Waals surface area contributed by atoms with Crippen LogP contribution in [0.3, 0.4) is 0 Å². The van der Waals surface area contributed by atoms with E-state index in [1.165, 1.54) is 39.2 Å². The van der Waals surface area contributed by atoms with Gasteiger partial charge in [0.05, 0.1) is 0 Å². The number of aromatic nitrogens is 2. The SMILES string of the molecule is Cc1c(F)cccc1NC(=O)c1cc(=O)n(C)c(=O)n1C. The van der Waals surface area contributed by atoms with Crippen LogP contribution in [0.1, 0.15) is 16.1 Å².